The molecule has 0 spiro atoms. The Kier molecular flexibility index (Phi) is 5.02. The van der Waals surface area contributed by atoms with Gasteiger partial charge in [-0.2, -0.15) is 9.97 Å². The molecule has 0 atom stereocenters. The minimum atomic E-state index is -4.76. The first-order chi connectivity index (χ1) is 12.4. The molecule has 0 radical (unpaired) electrons. The predicted octanol–water partition coefficient (Wildman–Crippen LogP) is 2.42. The molecule has 0 saturated heterocycles. The summed E-state index contributed by atoms with van der Waals surface area (Å²) in [6, 6.07) is 5.02. The number of nitrogens with zero attached hydrogens (tertiary/aromatic N) is 4. The van der Waals surface area contributed by atoms with Gasteiger partial charge in [0.25, 0.3) is 5.88 Å². The number of benzene rings is 1. The number of alkyl halides is 3. The van der Waals surface area contributed by atoms with Crippen molar-refractivity contribution in [1.82, 2.24) is 20.3 Å². The molecule has 12 heteroatoms. The number of anilines is 2. The summed E-state index contributed by atoms with van der Waals surface area (Å²) in [5.41, 5.74) is 0.666. The van der Waals surface area contributed by atoms with Gasteiger partial charge in [-0.3, -0.25) is 0 Å². The van der Waals surface area contributed by atoms with Gasteiger partial charge in [-0.05, 0) is 34.6 Å². The number of hydrogen-bond acceptors (Lipinski definition) is 9. The van der Waals surface area contributed by atoms with Gasteiger partial charge < -0.3 is 19.9 Å². The number of halogens is 3. The van der Waals surface area contributed by atoms with Crippen LogP contribution in [0.3, 0.4) is 0 Å². The first-order valence-corrected chi connectivity index (χ1v) is 7.31. The molecular weight excluding hydrogens is 359 g/mol. The predicted molar refractivity (Wildman–Crippen MR) is 81.0 cm³/mol. The van der Waals surface area contributed by atoms with Crippen molar-refractivity contribution < 1.29 is 32.4 Å². The summed E-state index contributed by atoms with van der Waals surface area (Å²) in [6.45, 7) is 0.111. The molecule has 3 aromatic rings. The molecular formula is C14H12F3N5O4. The zero-order valence-corrected chi connectivity index (χ0v) is 13.0. The summed E-state index contributed by atoms with van der Waals surface area (Å²) in [6.07, 6.45) is -4.39. The van der Waals surface area contributed by atoms with Gasteiger partial charge in [-0.1, -0.05) is 0 Å². The lowest BCUT2D eigenvalue weighted by Crippen LogP contribution is -2.17. The topological polar surface area (TPSA) is 115 Å². The Balaban J connectivity index is 1.81. The van der Waals surface area contributed by atoms with Gasteiger partial charge in [-0.15, -0.1) is 13.2 Å². The summed E-state index contributed by atoms with van der Waals surface area (Å²) in [5.74, 6) is -0.113. The summed E-state index contributed by atoms with van der Waals surface area (Å²) in [5, 5.41) is 18.8. The summed E-state index contributed by atoms with van der Waals surface area (Å²) < 4.78 is 50.4. The molecule has 138 valence electrons. The number of aliphatic hydroxyl groups excluding tert-OH is 1. The standard InChI is InChI=1S/C14H12F3N5O4/c15-14(16,17)25-9-4-2-8(3-5-9)18-12-13(24-7-1-6-23)20-11-10(19-12)21-26-22-11/h2-5,23H,1,6-7H2,(H,18,19,21). The zero-order chi connectivity index (χ0) is 18.6. The number of hydrogen-bond donors (Lipinski definition) is 2. The van der Waals surface area contributed by atoms with Crippen molar-refractivity contribution in [3.8, 4) is 11.6 Å². The van der Waals surface area contributed by atoms with E-state index in [1.807, 2.05) is 0 Å². The van der Waals surface area contributed by atoms with E-state index in [-0.39, 0.29) is 42.0 Å². The van der Waals surface area contributed by atoms with E-state index in [4.69, 9.17) is 9.84 Å². The van der Waals surface area contributed by atoms with E-state index in [2.05, 4.69) is 35.0 Å². The Morgan fingerprint density at radius 3 is 2.42 bits per heavy atom. The maximum atomic E-state index is 12.2. The third-order valence-electron chi connectivity index (χ3n) is 2.97. The van der Waals surface area contributed by atoms with Crippen molar-refractivity contribution in [2.75, 3.05) is 18.5 Å². The lowest BCUT2D eigenvalue weighted by molar-refractivity contribution is -0.274. The fourth-order valence-electron chi connectivity index (χ4n) is 1.92. The van der Waals surface area contributed by atoms with Crippen LogP contribution in [0.15, 0.2) is 28.9 Å². The van der Waals surface area contributed by atoms with E-state index >= 15 is 0 Å². The quantitative estimate of drug-likeness (QED) is 0.604. The molecule has 0 fully saturated rings. The van der Waals surface area contributed by atoms with E-state index in [9.17, 15) is 13.2 Å². The Morgan fingerprint density at radius 2 is 1.77 bits per heavy atom. The van der Waals surface area contributed by atoms with Crippen LogP contribution >= 0.6 is 0 Å². The number of aromatic nitrogens is 4. The summed E-state index contributed by atoms with van der Waals surface area (Å²) >= 11 is 0. The van der Waals surface area contributed by atoms with Crippen molar-refractivity contribution in [1.29, 1.82) is 0 Å². The van der Waals surface area contributed by atoms with Crippen LogP contribution in [0.25, 0.3) is 11.3 Å². The fraction of sp³-hybridized carbons (Fsp3) is 0.286. The Morgan fingerprint density at radius 1 is 1.08 bits per heavy atom. The molecule has 2 aromatic heterocycles. The van der Waals surface area contributed by atoms with Gasteiger partial charge in [0, 0.05) is 18.7 Å². The molecule has 0 amide bonds. The second-order valence-corrected chi connectivity index (χ2v) is 4.91. The van der Waals surface area contributed by atoms with Crippen molar-refractivity contribution in [2.24, 2.45) is 0 Å². The summed E-state index contributed by atoms with van der Waals surface area (Å²) in [4.78, 5) is 8.25. The molecule has 2 N–H and O–H groups in total. The third-order valence-corrected chi connectivity index (χ3v) is 2.97. The van der Waals surface area contributed by atoms with Crippen LogP contribution in [-0.2, 0) is 0 Å². The van der Waals surface area contributed by atoms with Gasteiger partial charge in [-0.25, -0.2) is 4.63 Å². The number of ether oxygens (including phenoxy) is 2. The molecule has 9 nitrogen and oxygen atoms in total. The third kappa shape index (κ3) is 4.47. The van der Waals surface area contributed by atoms with Crippen molar-refractivity contribution in [3.05, 3.63) is 24.3 Å². The Hall–Kier alpha value is -3.15. The maximum Gasteiger partial charge on any atom is 0.573 e. The number of aliphatic hydroxyl groups is 1. The normalized spacial score (nSPS) is 11.5. The van der Waals surface area contributed by atoms with Crippen LogP contribution in [0.5, 0.6) is 11.6 Å². The first-order valence-electron chi connectivity index (χ1n) is 7.31. The lowest BCUT2D eigenvalue weighted by atomic mass is 10.3. The molecule has 0 aliphatic carbocycles. The molecule has 0 aliphatic heterocycles. The highest BCUT2D eigenvalue weighted by Crippen LogP contribution is 2.28. The lowest BCUT2D eigenvalue weighted by Gasteiger charge is -2.12. The number of rotatable bonds is 7. The molecule has 0 bridgehead atoms. The van der Waals surface area contributed by atoms with E-state index in [1.165, 1.54) is 12.1 Å². The summed E-state index contributed by atoms with van der Waals surface area (Å²) in [7, 11) is 0. The molecule has 0 aliphatic rings. The fourth-order valence-corrected chi connectivity index (χ4v) is 1.92. The Labute approximate surface area is 143 Å². The SMILES string of the molecule is OCCCOc1nc2nonc2nc1Nc1ccc(OC(F)(F)F)cc1. The highest BCUT2D eigenvalue weighted by atomic mass is 19.4. The van der Waals surface area contributed by atoms with Crippen LogP contribution in [0.4, 0.5) is 24.7 Å². The first kappa shape index (κ1) is 17.7. The van der Waals surface area contributed by atoms with Crippen LogP contribution < -0.4 is 14.8 Å². The maximum absolute atomic E-state index is 12.2. The average Bonchev–Trinajstić information content (AvgIpc) is 3.03. The van der Waals surface area contributed by atoms with Crippen LogP contribution in [-0.4, -0.2) is 45.0 Å². The molecule has 1 aromatic carbocycles. The monoisotopic (exact) mass is 371 g/mol. The molecule has 0 saturated carbocycles. The van der Waals surface area contributed by atoms with Crippen molar-refractivity contribution >= 4 is 22.8 Å². The second kappa shape index (κ2) is 7.39. The van der Waals surface area contributed by atoms with Gasteiger partial charge in [0.05, 0.1) is 6.61 Å². The molecule has 3 rings (SSSR count). The van der Waals surface area contributed by atoms with Crippen molar-refractivity contribution in [2.45, 2.75) is 12.8 Å². The van der Waals surface area contributed by atoms with Crippen molar-refractivity contribution in [3.63, 3.8) is 0 Å². The minimum absolute atomic E-state index is 0.0649. The van der Waals surface area contributed by atoms with E-state index in [1.54, 1.807) is 0 Å². The van der Waals surface area contributed by atoms with E-state index < -0.39 is 6.36 Å². The van der Waals surface area contributed by atoms with Gasteiger partial charge in [0.15, 0.2) is 5.82 Å². The number of nitrogens with one attached hydrogen (secondary N) is 1. The van der Waals surface area contributed by atoms with Gasteiger partial charge >= 0.3 is 6.36 Å². The Bertz CT molecular complexity index is 869. The largest absolute Gasteiger partial charge is 0.573 e. The van der Waals surface area contributed by atoms with Crippen LogP contribution in [0.1, 0.15) is 6.42 Å². The zero-order valence-electron chi connectivity index (χ0n) is 13.0. The van der Waals surface area contributed by atoms with Gasteiger partial charge in [0.1, 0.15) is 5.75 Å². The van der Waals surface area contributed by atoms with E-state index in [0.29, 0.717) is 12.1 Å². The highest BCUT2D eigenvalue weighted by molar-refractivity contribution is 5.71. The second-order valence-electron chi connectivity index (χ2n) is 4.91. The van der Waals surface area contributed by atoms with Crippen LogP contribution in [0, 0.1) is 0 Å². The molecule has 2 heterocycles. The number of fused-ring (bicyclic) bond motifs is 1. The molecule has 26 heavy (non-hydrogen) atoms. The minimum Gasteiger partial charge on any atom is -0.475 e. The van der Waals surface area contributed by atoms with Gasteiger partial charge in [0.2, 0.25) is 11.3 Å². The van der Waals surface area contributed by atoms with Crippen LogP contribution in [0.2, 0.25) is 0 Å². The smallest absolute Gasteiger partial charge is 0.475 e. The average molecular weight is 371 g/mol. The highest BCUT2D eigenvalue weighted by Gasteiger charge is 2.31. The molecule has 0 unspecified atom stereocenters. The van der Waals surface area contributed by atoms with E-state index in [0.717, 1.165) is 12.1 Å².